The molecule has 0 aliphatic heterocycles. The van der Waals surface area contributed by atoms with E-state index in [4.69, 9.17) is 5.73 Å². The van der Waals surface area contributed by atoms with E-state index in [1.807, 2.05) is 0 Å². The van der Waals surface area contributed by atoms with Crippen LogP contribution in [0.4, 0.5) is 4.79 Å². The first-order chi connectivity index (χ1) is 6.44. The van der Waals surface area contributed by atoms with Gasteiger partial charge < -0.3 is 14.2 Å². The lowest BCUT2D eigenvalue weighted by Gasteiger charge is -2.20. The smallest absolute Gasteiger partial charge is 0.469 e. The molecular weight excluding hydrogens is 190 g/mol. The highest BCUT2D eigenvalue weighted by atomic mass is 16.7. The van der Waals surface area contributed by atoms with E-state index in [2.05, 4.69) is 14.2 Å². The van der Waals surface area contributed by atoms with Gasteiger partial charge in [0.1, 0.15) is 13.3 Å². The van der Waals surface area contributed by atoms with Crippen LogP contribution in [0.2, 0.25) is 0 Å². The lowest BCUT2D eigenvalue weighted by molar-refractivity contribution is -0.153. The minimum Gasteiger partial charge on any atom is -0.469 e. The van der Waals surface area contributed by atoms with Crippen molar-refractivity contribution >= 4 is 12.1 Å². The summed E-state index contributed by atoms with van der Waals surface area (Å²) >= 11 is 0. The van der Waals surface area contributed by atoms with Crippen molar-refractivity contribution in [3.63, 3.8) is 0 Å². The summed E-state index contributed by atoms with van der Waals surface area (Å²) in [6, 6.07) is 0. The fourth-order valence-corrected chi connectivity index (χ4v) is 0.684. The number of esters is 1. The molecule has 0 saturated carbocycles. The van der Waals surface area contributed by atoms with Crippen molar-refractivity contribution in [2.75, 3.05) is 20.4 Å². The van der Waals surface area contributed by atoms with Crippen LogP contribution in [-0.4, -0.2) is 32.6 Å². The minimum atomic E-state index is -0.899. The first kappa shape index (κ1) is 12.7. The molecule has 6 nitrogen and oxygen atoms in total. The van der Waals surface area contributed by atoms with Crippen molar-refractivity contribution in [2.24, 2.45) is 11.1 Å². The topological polar surface area (TPSA) is 87.8 Å². The third-order valence-electron chi connectivity index (χ3n) is 1.49. The molecule has 0 atom stereocenters. The summed E-state index contributed by atoms with van der Waals surface area (Å²) in [7, 11) is 1.27. The zero-order chi connectivity index (χ0) is 11.2. The minimum absolute atomic E-state index is 0.113. The van der Waals surface area contributed by atoms with Gasteiger partial charge in [0.2, 0.25) is 0 Å². The van der Waals surface area contributed by atoms with Crippen molar-refractivity contribution in [2.45, 2.75) is 13.8 Å². The molecule has 0 saturated heterocycles. The number of hydrogen-bond acceptors (Lipinski definition) is 6. The number of hydrogen-bond donors (Lipinski definition) is 1. The van der Waals surface area contributed by atoms with Crippen molar-refractivity contribution in [3.8, 4) is 0 Å². The van der Waals surface area contributed by atoms with E-state index in [0.29, 0.717) is 0 Å². The molecule has 0 unspecified atom stereocenters. The molecule has 2 N–H and O–H groups in total. The Bertz CT molecular complexity index is 214. The first-order valence-electron chi connectivity index (χ1n) is 4.02. The predicted octanol–water partition coefficient (Wildman–Crippen LogP) is 0.255. The van der Waals surface area contributed by atoms with E-state index in [0.717, 1.165) is 0 Å². The van der Waals surface area contributed by atoms with Gasteiger partial charge in [-0.05, 0) is 13.8 Å². The standard InChI is InChI=1S/C8H15NO5/c1-8(2,6(10)12-3)4-13-7(11)14-5-9/h4-5,9H2,1-3H3. The third kappa shape index (κ3) is 4.08. The molecule has 0 fully saturated rings. The largest absolute Gasteiger partial charge is 0.509 e. The van der Waals surface area contributed by atoms with E-state index in [-0.39, 0.29) is 13.3 Å². The maximum atomic E-state index is 11.1. The summed E-state index contributed by atoms with van der Waals surface area (Å²) in [5, 5.41) is 0. The van der Waals surface area contributed by atoms with E-state index in [1.165, 1.54) is 7.11 Å². The Morgan fingerprint density at radius 3 is 2.29 bits per heavy atom. The van der Waals surface area contributed by atoms with Crippen LogP contribution in [0.3, 0.4) is 0 Å². The monoisotopic (exact) mass is 205 g/mol. The number of carbonyl (C=O) groups excluding carboxylic acids is 2. The SMILES string of the molecule is COC(=O)C(C)(C)COC(=O)OCN. The zero-order valence-corrected chi connectivity index (χ0v) is 8.53. The highest BCUT2D eigenvalue weighted by molar-refractivity contribution is 5.76. The van der Waals surface area contributed by atoms with Crippen LogP contribution in [-0.2, 0) is 19.0 Å². The third-order valence-corrected chi connectivity index (χ3v) is 1.49. The first-order valence-corrected chi connectivity index (χ1v) is 4.02. The molecule has 0 aromatic rings. The van der Waals surface area contributed by atoms with Gasteiger partial charge in [0, 0.05) is 0 Å². The Balaban J connectivity index is 3.98. The average molecular weight is 205 g/mol. The summed E-state index contributed by atoms with van der Waals surface area (Å²) in [6.07, 6.45) is -0.899. The van der Waals surface area contributed by atoms with Crippen molar-refractivity contribution in [3.05, 3.63) is 0 Å². The zero-order valence-electron chi connectivity index (χ0n) is 8.53. The van der Waals surface area contributed by atoms with Crippen LogP contribution < -0.4 is 5.73 Å². The highest BCUT2D eigenvalue weighted by Gasteiger charge is 2.30. The number of rotatable bonds is 4. The summed E-state index contributed by atoms with van der Waals surface area (Å²) < 4.78 is 13.5. The van der Waals surface area contributed by atoms with Crippen LogP contribution >= 0.6 is 0 Å². The lowest BCUT2D eigenvalue weighted by Crippen LogP contribution is -2.32. The van der Waals surface area contributed by atoms with Gasteiger partial charge in [0.05, 0.1) is 12.5 Å². The molecule has 0 aliphatic carbocycles. The predicted molar refractivity (Wildman–Crippen MR) is 47.3 cm³/mol. The van der Waals surface area contributed by atoms with Gasteiger partial charge >= 0.3 is 12.1 Å². The van der Waals surface area contributed by atoms with Gasteiger partial charge in [-0.3, -0.25) is 10.5 Å². The Kier molecular flexibility index (Phi) is 4.93. The molecule has 0 spiro atoms. The van der Waals surface area contributed by atoms with Crippen molar-refractivity contribution in [1.82, 2.24) is 0 Å². The number of ether oxygens (including phenoxy) is 3. The maximum Gasteiger partial charge on any atom is 0.509 e. The molecule has 0 radical (unpaired) electrons. The average Bonchev–Trinajstić information content (AvgIpc) is 2.14. The van der Waals surface area contributed by atoms with Gasteiger partial charge in [0.25, 0.3) is 0 Å². The molecular formula is C8H15NO5. The summed E-state index contributed by atoms with van der Waals surface area (Å²) in [4.78, 5) is 21.8. The Morgan fingerprint density at radius 2 is 1.86 bits per heavy atom. The molecule has 14 heavy (non-hydrogen) atoms. The van der Waals surface area contributed by atoms with Crippen molar-refractivity contribution in [1.29, 1.82) is 0 Å². The summed E-state index contributed by atoms with van der Waals surface area (Å²) in [6.45, 7) is 2.82. The van der Waals surface area contributed by atoms with Crippen molar-refractivity contribution < 1.29 is 23.8 Å². The summed E-state index contributed by atoms with van der Waals surface area (Å²) in [5.41, 5.74) is 4.05. The van der Waals surface area contributed by atoms with Gasteiger partial charge in [-0.15, -0.1) is 0 Å². The van der Waals surface area contributed by atoms with E-state index in [9.17, 15) is 9.59 Å². The van der Waals surface area contributed by atoms with Crippen LogP contribution in [0.25, 0.3) is 0 Å². The Labute approximate surface area is 82.3 Å². The fourth-order valence-electron chi connectivity index (χ4n) is 0.684. The molecule has 0 heterocycles. The normalized spacial score (nSPS) is 10.6. The lowest BCUT2D eigenvalue weighted by atomic mass is 9.95. The van der Waals surface area contributed by atoms with Crippen LogP contribution in [0.15, 0.2) is 0 Å². The van der Waals surface area contributed by atoms with Gasteiger partial charge in [-0.25, -0.2) is 4.79 Å². The molecule has 0 rings (SSSR count). The number of carbonyl (C=O) groups is 2. The molecule has 6 heteroatoms. The van der Waals surface area contributed by atoms with E-state index in [1.54, 1.807) is 13.8 Å². The second-order valence-corrected chi connectivity index (χ2v) is 3.23. The highest BCUT2D eigenvalue weighted by Crippen LogP contribution is 2.17. The number of methoxy groups -OCH3 is 1. The second kappa shape index (κ2) is 5.43. The number of nitrogens with two attached hydrogens (primary N) is 1. The van der Waals surface area contributed by atoms with Crippen LogP contribution in [0.1, 0.15) is 13.8 Å². The molecule has 0 aliphatic rings. The second-order valence-electron chi connectivity index (χ2n) is 3.23. The molecule has 0 amide bonds. The fraction of sp³-hybridized carbons (Fsp3) is 0.750. The maximum absolute atomic E-state index is 11.1. The van der Waals surface area contributed by atoms with Gasteiger partial charge in [0.15, 0.2) is 0 Å². The van der Waals surface area contributed by atoms with Crippen LogP contribution in [0.5, 0.6) is 0 Å². The van der Waals surface area contributed by atoms with Gasteiger partial charge in [-0.1, -0.05) is 0 Å². The quantitative estimate of drug-likeness (QED) is 0.523. The molecule has 0 aromatic heterocycles. The van der Waals surface area contributed by atoms with E-state index >= 15 is 0 Å². The molecule has 0 bridgehead atoms. The summed E-state index contributed by atoms with van der Waals surface area (Å²) in [5.74, 6) is -0.460. The molecule has 82 valence electrons. The molecule has 0 aromatic carbocycles. The van der Waals surface area contributed by atoms with E-state index < -0.39 is 17.5 Å². The Hall–Kier alpha value is -1.30. The van der Waals surface area contributed by atoms with Gasteiger partial charge in [-0.2, -0.15) is 0 Å². The van der Waals surface area contributed by atoms with Crippen LogP contribution in [0, 0.1) is 5.41 Å². The Morgan fingerprint density at radius 1 is 1.29 bits per heavy atom.